The molecule has 22 heavy (non-hydrogen) atoms. The lowest BCUT2D eigenvalue weighted by Gasteiger charge is -2.11. The predicted octanol–water partition coefficient (Wildman–Crippen LogP) is 1.77. The topological polar surface area (TPSA) is 73.3 Å². The lowest BCUT2D eigenvalue weighted by molar-refractivity contribution is 0.0948. The van der Waals surface area contributed by atoms with Crippen LogP contribution in [0.25, 0.3) is 0 Å². The molecular weight excluding hydrogens is 282 g/mol. The molecule has 0 radical (unpaired) electrons. The molecule has 0 fully saturated rings. The van der Waals surface area contributed by atoms with Crippen LogP contribution < -0.4 is 14.8 Å². The van der Waals surface area contributed by atoms with E-state index in [2.05, 4.69) is 15.5 Å². The number of methoxy groups -OCH3 is 2. The zero-order valence-corrected chi connectivity index (χ0v) is 12.9. The summed E-state index contributed by atoms with van der Waals surface area (Å²) in [4.78, 5) is 12.0. The van der Waals surface area contributed by atoms with E-state index in [1.54, 1.807) is 26.4 Å². The van der Waals surface area contributed by atoms with Crippen molar-refractivity contribution in [2.45, 2.75) is 13.3 Å². The molecule has 1 aromatic carbocycles. The van der Waals surface area contributed by atoms with Crippen LogP contribution in [0.3, 0.4) is 0 Å². The highest BCUT2D eigenvalue weighted by atomic mass is 16.5. The third-order valence-corrected chi connectivity index (χ3v) is 3.20. The fourth-order valence-electron chi connectivity index (χ4n) is 2.00. The molecule has 1 aromatic heterocycles. The molecule has 1 heterocycles. The highest BCUT2D eigenvalue weighted by Gasteiger charge is 2.09. The van der Waals surface area contributed by atoms with Crippen molar-refractivity contribution < 1.29 is 14.3 Å². The monoisotopic (exact) mass is 301 g/mol. The van der Waals surface area contributed by atoms with Crippen LogP contribution in [0.15, 0.2) is 30.3 Å². The molecule has 6 nitrogen and oxygen atoms in total. The van der Waals surface area contributed by atoms with Gasteiger partial charge in [0.2, 0.25) is 0 Å². The first-order chi connectivity index (χ1) is 10.6. The van der Waals surface area contributed by atoms with Crippen molar-refractivity contribution in [1.82, 2.24) is 15.5 Å². The second-order valence-corrected chi connectivity index (χ2v) is 4.74. The van der Waals surface area contributed by atoms with Crippen molar-refractivity contribution in [3.63, 3.8) is 0 Å². The van der Waals surface area contributed by atoms with Crippen LogP contribution in [0, 0.1) is 6.92 Å². The first kappa shape index (κ1) is 15.8. The minimum Gasteiger partial charge on any atom is -0.497 e. The van der Waals surface area contributed by atoms with E-state index < -0.39 is 0 Å². The van der Waals surface area contributed by atoms with Gasteiger partial charge in [-0.1, -0.05) is 0 Å². The molecule has 0 saturated carbocycles. The summed E-state index contributed by atoms with van der Waals surface area (Å²) < 4.78 is 10.5. The fraction of sp³-hybridized carbons (Fsp3) is 0.312. The minimum atomic E-state index is -0.241. The minimum absolute atomic E-state index is 0.241. The molecule has 1 amide bonds. The molecule has 0 aliphatic carbocycles. The molecule has 0 bridgehead atoms. The van der Waals surface area contributed by atoms with E-state index in [1.807, 2.05) is 25.1 Å². The SMILES string of the molecule is COc1ccc(OC)c(CCNC(=O)c2ccc(C)nn2)c1. The number of hydrogen-bond donors (Lipinski definition) is 1. The molecule has 0 aliphatic heterocycles. The number of amides is 1. The predicted molar refractivity (Wildman–Crippen MR) is 82.4 cm³/mol. The molecule has 116 valence electrons. The molecule has 2 aromatic rings. The highest BCUT2D eigenvalue weighted by molar-refractivity contribution is 5.92. The Labute approximate surface area is 129 Å². The van der Waals surface area contributed by atoms with Gasteiger partial charge in [-0.15, -0.1) is 5.10 Å². The van der Waals surface area contributed by atoms with E-state index >= 15 is 0 Å². The van der Waals surface area contributed by atoms with Gasteiger partial charge in [0, 0.05) is 6.54 Å². The van der Waals surface area contributed by atoms with Gasteiger partial charge in [0.05, 0.1) is 19.9 Å². The maximum atomic E-state index is 12.0. The number of hydrogen-bond acceptors (Lipinski definition) is 5. The van der Waals surface area contributed by atoms with Crippen molar-refractivity contribution >= 4 is 5.91 Å². The third kappa shape index (κ3) is 3.94. The van der Waals surface area contributed by atoms with Crippen molar-refractivity contribution in [2.24, 2.45) is 0 Å². The van der Waals surface area contributed by atoms with Gasteiger partial charge in [-0.2, -0.15) is 5.10 Å². The van der Waals surface area contributed by atoms with Crippen LogP contribution in [-0.4, -0.2) is 36.9 Å². The number of aromatic nitrogens is 2. The summed E-state index contributed by atoms with van der Waals surface area (Å²) in [5.41, 5.74) is 2.05. The van der Waals surface area contributed by atoms with E-state index in [-0.39, 0.29) is 5.91 Å². The van der Waals surface area contributed by atoms with E-state index in [4.69, 9.17) is 9.47 Å². The van der Waals surface area contributed by atoms with E-state index in [9.17, 15) is 4.79 Å². The van der Waals surface area contributed by atoms with E-state index in [0.717, 1.165) is 22.8 Å². The van der Waals surface area contributed by atoms with Crippen LogP contribution in [-0.2, 0) is 6.42 Å². The van der Waals surface area contributed by atoms with Crippen molar-refractivity contribution in [3.8, 4) is 11.5 Å². The molecule has 0 unspecified atom stereocenters. The van der Waals surface area contributed by atoms with Gasteiger partial charge in [-0.05, 0) is 49.2 Å². The van der Waals surface area contributed by atoms with Crippen molar-refractivity contribution in [3.05, 3.63) is 47.3 Å². The van der Waals surface area contributed by atoms with Crippen LogP contribution in [0.1, 0.15) is 21.7 Å². The average Bonchev–Trinajstić information content (AvgIpc) is 2.55. The number of benzene rings is 1. The Hall–Kier alpha value is -2.63. The summed E-state index contributed by atoms with van der Waals surface area (Å²) in [7, 11) is 3.23. The quantitative estimate of drug-likeness (QED) is 0.880. The lowest BCUT2D eigenvalue weighted by Crippen LogP contribution is -2.26. The number of rotatable bonds is 6. The van der Waals surface area contributed by atoms with Crippen LogP contribution in [0.4, 0.5) is 0 Å². The van der Waals surface area contributed by atoms with Crippen molar-refractivity contribution in [2.75, 3.05) is 20.8 Å². The summed E-state index contributed by atoms with van der Waals surface area (Å²) in [6.45, 7) is 2.29. The van der Waals surface area contributed by atoms with Gasteiger partial charge in [-0.3, -0.25) is 4.79 Å². The van der Waals surface area contributed by atoms with Crippen LogP contribution >= 0.6 is 0 Å². The zero-order chi connectivity index (χ0) is 15.9. The first-order valence-electron chi connectivity index (χ1n) is 6.93. The number of nitrogens with zero attached hydrogens (tertiary/aromatic N) is 2. The summed E-state index contributed by atoms with van der Waals surface area (Å²) >= 11 is 0. The van der Waals surface area contributed by atoms with Gasteiger partial charge in [0.1, 0.15) is 11.5 Å². The Kier molecular flexibility index (Phi) is 5.30. The van der Waals surface area contributed by atoms with Gasteiger partial charge in [-0.25, -0.2) is 0 Å². The molecule has 0 spiro atoms. The van der Waals surface area contributed by atoms with E-state index in [0.29, 0.717) is 18.7 Å². The summed E-state index contributed by atoms with van der Waals surface area (Å²) in [5.74, 6) is 1.28. The third-order valence-electron chi connectivity index (χ3n) is 3.20. The number of ether oxygens (including phenoxy) is 2. The summed E-state index contributed by atoms with van der Waals surface area (Å²) in [6, 6.07) is 9.00. The number of carbonyl (C=O) groups is 1. The Morgan fingerprint density at radius 3 is 2.59 bits per heavy atom. The van der Waals surface area contributed by atoms with Gasteiger partial charge in [0.15, 0.2) is 5.69 Å². The molecule has 0 aliphatic rings. The Morgan fingerprint density at radius 1 is 1.14 bits per heavy atom. The zero-order valence-electron chi connectivity index (χ0n) is 12.9. The van der Waals surface area contributed by atoms with Gasteiger partial charge in [0.25, 0.3) is 5.91 Å². The normalized spacial score (nSPS) is 10.1. The maximum Gasteiger partial charge on any atom is 0.271 e. The summed E-state index contributed by atoms with van der Waals surface area (Å²) in [6.07, 6.45) is 0.630. The average molecular weight is 301 g/mol. The number of nitrogens with one attached hydrogen (secondary N) is 1. The second kappa shape index (κ2) is 7.40. The fourth-order valence-corrected chi connectivity index (χ4v) is 2.00. The second-order valence-electron chi connectivity index (χ2n) is 4.74. The lowest BCUT2D eigenvalue weighted by atomic mass is 10.1. The molecule has 2 rings (SSSR count). The molecular formula is C16H19N3O3. The smallest absolute Gasteiger partial charge is 0.271 e. The number of carbonyl (C=O) groups excluding carboxylic acids is 1. The highest BCUT2D eigenvalue weighted by Crippen LogP contribution is 2.24. The van der Waals surface area contributed by atoms with E-state index in [1.165, 1.54) is 0 Å². The largest absolute Gasteiger partial charge is 0.497 e. The van der Waals surface area contributed by atoms with Crippen LogP contribution in [0.5, 0.6) is 11.5 Å². The number of aryl methyl sites for hydroxylation is 1. The molecule has 0 atom stereocenters. The first-order valence-corrected chi connectivity index (χ1v) is 6.93. The van der Waals surface area contributed by atoms with Gasteiger partial charge >= 0.3 is 0 Å². The Balaban J connectivity index is 1.95. The Bertz CT molecular complexity index is 642. The summed E-state index contributed by atoms with van der Waals surface area (Å²) in [5, 5.41) is 10.5. The van der Waals surface area contributed by atoms with Crippen molar-refractivity contribution in [1.29, 1.82) is 0 Å². The molecule has 1 N–H and O–H groups in total. The molecule has 0 saturated heterocycles. The van der Waals surface area contributed by atoms with Gasteiger partial charge < -0.3 is 14.8 Å². The Morgan fingerprint density at radius 2 is 1.95 bits per heavy atom. The maximum absolute atomic E-state index is 12.0. The molecule has 6 heteroatoms. The standard InChI is InChI=1S/C16H19N3O3/c1-11-4-6-14(19-18-11)16(20)17-9-8-12-10-13(21-2)5-7-15(12)22-3/h4-7,10H,8-9H2,1-3H3,(H,17,20). The van der Waals surface area contributed by atoms with Crippen LogP contribution in [0.2, 0.25) is 0 Å².